The number of benzene rings is 3. The third-order valence-corrected chi connectivity index (χ3v) is 7.12. The van der Waals surface area contributed by atoms with E-state index in [0.29, 0.717) is 38.9 Å². The van der Waals surface area contributed by atoms with Crippen molar-refractivity contribution in [1.29, 1.82) is 0 Å². The average molecular weight is 561 g/mol. The Bertz CT molecular complexity index is 1220. The van der Waals surface area contributed by atoms with Gasteiger partial charge in [0, 0.05) is 5.02 Å². The van der Waals surface area contributed by atoms with Crippen LogP contribution in [-0.2, 0) is 17.9 Å². The Kier molecular flexibility index (Phi) is 7.75. The molecule has 1 amide bonds. The lowest BCUT2D eigenvalue weighted by Gasteiger charge is -2.14. The van der Waals surface area contributed by atoms with Gasteiger partial charge in [0.1, 0.15) is 10.9 Å². The van der Waals surface area contributed by atoms with E-state index in [0.717, 1.165) is 21.2 Å². The molecule has 4 rings (SSSR count). The third-order valence-electron chi connectivity index (χ3n) is 4.90. The van der Waals surface area contributed by atoms with Gasteiger partial charge in [0.05, 0.1) is 23.0 Å². The summed E-state index contributed by atoms with van der Waals surface area (Å²) in [7, 11) is 1.58. The normalized spacial score (nSPS) is 14.8. The lowest BCUT2D eigenvalue weighted by Crippen LogP contribution is -2.27. The van der Waals surface area contributed by atoms with E-state index in [-0.39, 0.29) is 5.91 Å². The summed E-state index contributed by atoms with van der Waals surface area (Å²) in [6, 6.07) is 21.0. The van der Waals surface area contributed by atoms with E-state index in [1.54, 1.807) is 12.0 Å². The van der Waals surface area contributed by atoms with Crippen molar-refractivity contribution >= 4 is 67.8 Å². The maximum absolute atomic E-state index is 13.0. The highest BCUT2D eigenvalue weighted by Gasteiger charge is 2.32. The minimum Gasteiger partial charge on any atom is -0.493 e. The summed E-state index contributed by atoms with van der Waals surface area (Å²) < 4.78 is 12.8. The molecule has 168 valence electrons. The molecule has 1 saturated heterocycles. The number of hydrogen-bond acceptors (Lipinski definition) is 5. The van der Waals surface area contributed by atoms with Crippen molar-refractivity contribution in [1.82, 2.24) is 4.90 Å². The number of halogens is 2. The predicted octanol–water partition coefficient (Wildman–Crippen LogP) is 7.09. The van der Waals surface area contributed by atoms with E-state index in [1.165, 1.54) is 11.8 Å². The Morgan fingerprint density at radius 2 is 1.82 bits per heavy atom. The van der Waals surface area contributed by atoms with Crippen LogP contribution in [0, 0.1) is 0 Å². The Balaban J connectivity index is 1.53. The van der Waals surface area contributed by atoms with Crippen LogP contribution in [0.2, 0.25) is 5.02 Å². The summed E-state index contributed by atoms with van der Waals surface area (Å²) >= 11 is 16.3. The lowest BCUT2D eigenvalue weighted by molar-refractivity contribution is -0.122. The van der Waals surface area contributed by atoms with E-state index < -0.39 is 0 Å². The molecule has 0 bridgehead atoms. The number of amides is 1. The highest BCUT2D eigenvalue weighted by molar-refractivity contribution is 9.10. The molecular weight excluding hydrogens is 542 g/mol. The summed E-state index contributed by atoms with van der Waals surface area (Å²) in [6.45, 7) is 0.816. The molecule has 1 heterocycles. The number of thiocarbonyl (C=S) groups is 1. The van der Waals surface area contributed by atoms with Crippen LogP contribution in [0.25, 0.3) is 6.08 Å². The molecule has 3 aromatic carbocycles. The molecular formula is C25H19BrClNO3S2. The molecule has 0 aromatic heterocycles. The molecule has 0 saturated carbocycles. The number of hydrogen-bond donors (Lipinski definition) is 0. The van der Waals surface area contributed by atoms with Crippen LogP contribution in [0.1, 0.15) is 16.7 Å². The number of ether oxygens (including phenoxy) is 2. The Morgan fingerprint density at radius 1 is 1.09 bits per heavy atom. The molecule has 0 N–H and O–H groups in total. The van der Waals surface area contributed by atoms with E-state index >= 15 is 0 Å². The number of methoxy groups -OCH3 is 1. The van der Waals surface area contributed by atoms with E-state index in [2.05, 4.69) is 15.9 Å². The molecule has 0 aliphatic carbocycles. The molecule has 1 aliphatic heterocycles. The zero-order valence-corrected chi connectivity index (χ0v) is 21.6. The van der Waals surface area contributed by atoms with Crippen LogP contribution in [0.4, 0.5) is 0 Å². The van der Waals surface area contributed by atoms with Crippen LogP contribution in [-0.4, -0.2) is 22.2 Å². The van der Waals surface area contributed by atoms with Gasteiger partial charge < -0.3 is 9.47 Å². The summed E-state index contributed by atoms with van der Waals surface area (Å²) in [4.78, 5) is 15.2. The van der Waals surface area contributed by atoms with Gasteiger partial charge in [0.25, 0.3) is 5.91 Å². The molecule has 1 fully saturated rings. The van der Waals surface area contributed by atoms with Crippen LogP contribution in [0.5, 0.6) is 11.5 Å². The molecule has 1 aliphatic rings. The van der Waals surface area contributed by atoms with Gasteiger partial charge in [0.2, 0.25) is 0 Å². The molecule has 33 heavy (non-hydrogen) atoms. The molecule has 4 nitrogen and oxygen atoms in total. The molecule has 0 spiro atoms. The molecule has 0 atom stereocenters. The molecule has 3 aromatic rings. The van der Waals surface area contributed by atoms with Gasteiger partial charge in [-0.15, -0.1) is 0 Å². The van der Waals surface area contributed by atoms with Crippen LogP contribution < -0.4 is 9.47 Å². The fraction of sp³-hybridized carbons (Fsp3) is 0.120. The van der Waals surface area contributed by atoms with Crippen molar-refractivity contribution in [3.05, 3.63) is 97.8 Å². The Labute approximate surface area is 215 Å². The zero-order chi connectivity index (χ0) is 23.4. The fourth-order valence-corrected chi connectivity index (χ4v) is 5.21. The minimum absolute atomic E-state index is 0.105. The predicted molar refractivity (Wildman–Crippen MR) is 142 cm³/mol. The number of carbonyl (C=O) groups is 1. The first-order valence-electron chi connectivity index (χ1n) is 9.98. The van der Waals surface area contributed by atoms with E-state index in [4.69, 9.17) is 33.3 Å². The Morgan fingerprint density at radius 3 is 2.52 bits per heavy atom. The quantitative estimate of drug-likeness (QED) is 0.228. The highest BCUT2D eigenvalue weighted by Crippen LogP contribution is 2.39. The highest BCUT2D eigenvalue weighted by atomic mass is 79.9. The smallest absolute Gasteiger partial charge is 0.266 e. The van der Waals surface area contributed by atoms with Crippen molar-refractivity contribution in [2.24, 2.45) is 0 Å². The maximum atomic E-state index is 13.0. The summed E-state index contributed by atoms with van der Waals surface area (Å²) in [5.74, 6) is 1.04. The topological polar surface area (TPSA) is 38.8 Å². The van der Waals surface area contributed by atoms with Gasteiger partial charge in [-0.05, 0) is 63.0 Å². The summed E-state index contributed by atoms with van der Waals surface area (Å²) in [5.41, 5.74) is 2.82. The number of thioether (sulfide) groups is 1. The van der Waals surface area contributed by atoms with Crippen molar-refractivity contribution in [2.45, 2.75) is 13.2 Å². The standard InChI is InChI=1S/C25H19BrClNO3S2/c1-30-21-12-18(11-20(26)23(21)31-15-17-7-9-19(27)10-8-17)13-22-24(29)28(25(32)33-22)14-16-5-3-2-4-6-16/h2-13H,14-15H2,1H3/b22-13-. The largest absolute Gasteiger partial charge is 0.493 e. The summed E-state index contributed by atoms with van der Waals surface area (Å²) in [6.07, 6.45) is 1.82. The SMILES string of the molecule is COc1cc(/C=C2\SC(=S)N(Cc3ccccc3)C2=O)cc(Br)c1OCc1ccc(Cl)cc1. The average Bonchev–Trinajstić information content (AvgIpc) is 3.07. The monoisotopic (exact) mass is 559 g/mol. The van der Waals surface area contributed by atoms with E-state index in [1.807, 2.05) is 72.8 Å². The van der Waals surface area contributed by atoms with Crippen molar-refractivity contribution < 1.29 is 14.3 Å². The van der Waals surface area contributed by atoms with Gasteiger partial charge in [0.15, 0.2) is 11.5 Å². The summed E-state index contributed by atoms with van der Waals surface area (Å²) in [5, 5.41) is 0.677. The number of rotatable bonds is 7. The van der Waals surface area contributed by atoms with Crippen molar-refractivity contribution in [2.75, 3.05) is 7.11 Å². The van der Waals surface area contributed by atoms with Crippen molar-refractivity contribution in [3.63, 3.8) is 0 Å². The van der Waals surface area contributed by atoms with Gasteiger partial charge in [-0.1, -0.05) is 78.0 Å². The number of carbonyl (C=O) groups excluding carboxylic acids is 1. The van der Waals surface area contributed by atoms with Crippen LogP contribution in [0.15, 0.2) is 76.1 Å². The molecule has 0 unspecified atom stereocenters. The third kappa shape index (κ3) is 5.79. The first kappa shape index (κ1) is 23.8. The first-order chi connectivity index (χ1) is 15.9. The second kappa shape index (κ2) is 10.7. The zero-order valence-electron chi connectivity index (χ0n) is 17.6. The number of nitrogens with zero attached hydrogens (tertiary/aromatic N) is 1. The maximum Gasteiger partial charge on any atom is 0.266 e. The first-order valence-corrected chi connectivity index (χ1v) is 12.4. The Hall–Kier alpha value is -2.32. The van der Waals surface area contributed by atoms with Gasteiger partial charge in [-0.25, -0.2) is 0 Å². The minimum atomic E-state index is -0.105. The van der Waals surface area contributed by atoms with Gasteiger partial charge in [-0.2, -0.15) is 0 Å². The van der Waals surface area contributed by atoms with Crippen LogP contribution in [0.3, 0.4) is 0 Å². The fourth-order valence-electron chi connectivity index (χ4n) is 3.25. The van der Waals surface area contributed by atoms with Crippen molar-refractivity contribution in [3.8, 4) is 11.5 Å². The van der Waals surface area contributed by atoms with Gasteiger partial charge >= 0.3 is 0 Å². The van der Waals surface area contributed by atoms with Gasteiger partial charge in [-0.3, -0.25) is 9.69 Å². The second-order valence-electron chi connectivity index (χ2n) is 7.20. The van der Waals surface area contributed by atoms with E-state index in [9.17, 15) is 4.79 Å². The lowest BCUT2D eigenvalue weighted by atomic mass is 10.1. The molecule has 8 heteroatoms. The second-order valence-corrected chi connectivity index (χ2v) is 10.2. The molecule has 0 radical (unpaired) electrons. The van der Waals surface area contributed by atoms with Crippen LogP contribution >= 0.6 is 51.5 Å².